The Kier molecular flexibility index (Phi) is 10.9. The fourth-order valence-corrected chi connectivity index (χ4v) is 5.39. The maximum atomic E-state index is 8.49. The Balaban J connectivity index is 0.000000808. The molecule has 2 heterocycles. The van der Waals surface area contributed by atoms with E-state index in [2.05, 4.69) is 109 Å². The van der Waals surface area contributed by atoms with E-state index in [1.807, 2.05) is 78.9 Å². The molecule has 7 rings (SSSR count). The van der Waals surface area contributed by atoms with Crippen molar-refractivity contribution in [1.29, 1.82) is 0 Å². The van der Waals surface area contributed by atoms with E-state index in [1.54, 1.807) is 0 Å². The molecule has 50 heavy (non-hydrogen) atoms. The third-order valence-electron chi connectivity index (χ3n) is 7.62. The van der Waals surface area contributed by atoms with Gasteiger partial charge in [-0.2, -0.15) is 0 Å². The van der Waals surface area contributed by atoms with Crippen molar-refractivity contribution in [3.63, 3.8) is 0 Å². The molecule has 0 bridgehead atoms. The number of hydrogen-bond acceptors (Lipinski definition) is 5. The van der Waals surface area contributed by atoms with Crippen molar-refractivity contribution < 1.29 is 38.0 Å². The molecule has 0 saturated carbocycles. The molecule has 0 saturated heterocycles. The second kappa shape index (κ2) is 16.0. The minimum absolute atomic E-state index is 0.812. The van der Waals surface area contributed by atoms with E-state index in [0.29, 0.717) is 0 Å². The summed E-state index contributed by atoms with van der Waals surface area (Å²) < 4.78 is 46.9. The van der Waals surface area contributed by atoms with E-state index < -0.39 is 10.2 Å². The van der Waals surface area contributed by atoms with Gasteiger partial charge in [0.05, 0.1) is 23.3 Å². The van der Waals surface area contributed by atoms with Crippen LogP contribution >= 0.6 is 0 Å². The van der Waals surface area contributed by atoms with Crippen LogP contribution in [0.2, 0.25) is 0 Å². The van der Waals surface area contributed by atoms with Crippen molar-refractivity contribution in [2.75, 3.05) is 0 Å². The summed E-state index contributed by atoms with van der Waals surface area (Å²) in [5.74, 6) is 3.25. The van der Waals surface area contributed by atoms with Crippen LogP contribution in [0.4, 0.5) is 0 Å². The van der Waals surface area contributed by atoms with Gasteiger partial charge in [-0.15, -0.1) is 10.2 Å². The first-order chi connectivity index (χ1) is 24.3. The van der Waals surface area contributed by atoms with Crippen LogP contribution in [0.25, 0.3) is 45.8 Å². The fraction of sp³-hybridized carbons (Fsp3) is 0. The molecule has 246 valence electrons. The van der Waals surface area contributed by atoms with Crippen molar-refractivity contribution in [2.24, 2.45) is 0 Å². The molecule has 0 N–H and O–H groups in total. The molecule has 7 heteroatoms. The molecule has 6 nitrogen and oxygen atoms in total. The molecule has 1 aliphatic heterocycles. The summed E-state index contributed by atoms with van der Waals surface area (Å²) in [5, 5.41) is 0. The molecule has 0 spiro atoms. The van der Waals surface area contributed by atoms with Crippen molar-refractivity contribution >= 4 is 23.2 Å². The molecule has 0 aliphatic carbocycles. The van der Waals surface area contributed by atoms with Crippen LogP contribution in [-0.4, -0.2) is 0 Å². The van der Waals surface area contributed by atoms with E-state index in [0.717, 1.165) is 67.6 Å². The van der Waals surface area contributed by atoms with Crippen molar-refractivity contribution in [3.8, 4) is 22.6 Å². The first kappa shape index (κ1) is 34.0. The van der Waals surface area contributed by atoms with Crippen LogP contribution in [0, 0.1) is 10.2 Å². The third kappa shape index (κ3) is 9.61. The van der Waals surface area contributed by atoms with Gasteiger partial charge >= 0.3 is 11.5 Å². The van der Waals surface area contributed by atoms with Gasteiger partial charge in [0, 0.05) is 11.1 Å². The molecule has 1 aliphatic rings. The van der Waals surface area contributed by atoms with Crippen molar-refractivity contribution in [3.05, 3.63) is 210 Å². The van der Waals surface area contributed by atoms with E-state index >= 15 is 0 Å². The second-order valence-corrected chi connectivity index (χ2v) is 11.9. The number of rotatable bonds is 7. The number of allylic oxidation sites excluding steroid dienone is 5. The fourth-order valence-electron chi connectivity index (χ4n) is 5.39. The quantitative estimate of drug-likeness (QED) is 0.173. The minimum atomic E-state index is -4.94. The molecular weight excluding hydrogens is 648 g/mol. The standard InChI is InChI=1S/C43H31O2.ClHO4/c1-6-16-34(17-7-1)39(26-32-28-40(35-18-8-2-9-19-35)44-41(29-32)36-20-10-3-11-21-36)27-33-30-42(37-22-12-4-13-23-37)45-43(31-33)38-24-14-5-15-25-38;2-1(3,4)5/h1-31H;(H,2,3,4,5)/q+1;/p-1. The van der Waals surface area contributed by atoms with Crippen LogP contribution < -0.4 is 18.6 Å². The summed E-state index contributed by atoms with van der Waals surface area (Å²) >= 11 is 0. The number of benzene rings is 5. The van der Waals surface area contributed by atoms with Gasteiger partial charge in [0.15, 0.2) is 0 Å². The summed E-state index contributed by atoms with van der Waals surface area (Å²) in [5.41, 5.74) is 8.38. The lowest BCUT2D eigenvalue weighted by Crippen LogP contribution is -2.68. The van der Waals surface area contributed by atoms with Gasteiger partial charge < -0.3 is 4.74 Å². The summed E-state index contributed by atoms with van der Waals surface area (Å²) in [4.78, 5) is 0. The number of ether oxygens (including phenoxy) is 1. The lowest BCUT2D eigenvalue weighted by Gasteiger charge is -2.19. The maximum absolute atomic E-state index is 8.49. The zero-order chi connectivity index (χ0) is 34.8. The van der Waals surface area contributed by atoms with Gasteiger partial charge in [-0.1, -0.05) is 127 Å². The van der Waals surface area contributed by atoms with Crippen LogP contribution in [0.1, 0.15) is 22.3 Å². The Bertz CT molecular complexity index is 2020. The largest absolute Gasteiger partial charge is 0.456 e. The van der Waals surface area contributed by atoms with E-state index in [9.17, 15) is 0 Å². The Hall–Kier alpha value is -5.86. The second-order valence-electron chi connectivity index (χ2n) is 11.2. The summed E-state index contributed by atoms with van der Waals surface area (Å²) in [6, 6.07) is 55.7. The first-order valence-electron chi connectivity index (χ1n) is 15.7. The highest BCUT2D eigenvalue weighted by Gasteiger charge is 2.20. The van der Waals surface area contributed by atoms with Crippen LogP contribution in [0.3, 0.4) is 0 Å². The first-order valence-corrected chi connectivity index (χ1v) is 16.9. The Morgan fingerprint density at radius 2 is 0.860 bits per heavy atom. The zero-order valence-corrected chi connectivity index (χ0v) is 27.5. The lowest BCUT2D eigenvalue weighted by molar-refractivity contribution is -2.00. The predicted octanol–water partition coefficient (Wildman–Crippen LogP) is 6.72. The smallest absolute Gasteiger partial charge is 0.361 e. The summed E-state index contributed by atoms with van der Waals surface area (Å²) in [7, 11) is -4.94. The minimum Gasteiger partial charge on any atom is -0.456 e. The van der Waals surface area contributed by atoms with Gasteiger partial charge in [0.25, 0.3) is 0 Å². The summed E-state index contributed by atoms with van der Waals surface area (Å²) in [6.45, 7) is 0. The van der Waals surface area contributed by atoms with Crippen LogP contribution in [0.5, 0.6) is 0 Å². The topological polar surface area (TPSA) is 113 Å². The third-order valence-corrected chi connectivity index (χ3v) is 7.62. The highest BCUT2D eigenvalue weighted by atomic mass is 35.7. The van der Waals surface area contributed by atoms with E-state index in [1.165, 1.54) is 0 Å². The molecule has 0 fully saturated rings. The van der Waals surface area contributed by atoms with Crippen molar-refractivity contribution in [2.45, 2.75) is 0 Å². The molecule has 0 atom stereocenters. The van der Waals surface area contributed by atoms with Crippen molar-refractivity contribution in [1.82, 2.24) is 0 Å². The molecule has 0 amide bonds. The number of halogens is 1. The Labute approximate surface area is 292 Å². The summed E-state index contributed by atoms with van der Waals surface area (Å²) in [6.07, 6.45) is 8.70. The highest BCUT2D eigenvalue weighted by molar-refractivity contribution is 5.91. The molecular formula is C43H31ClO6. The highest BCUT2D eigenvalue weighted by Crippen LogP contribution is 2.35. The maximum Gasteiger partial charge on any atom is 0.361 e. The van der Waals surface area contributed by atoms with Gasteiger partial charge in [0.1, 0.15) is 11.5 Å². The van der Waals surface area contributed by atoms with Gasteiger partial charge in [-0.25, -0.2) is 23.1 Å². The predicted molar refractivity (Wildman–Crippen MR) is 186 cm³/mol. The lowest BCUT2D eigenvalue weighted by atomic mass is 9.97. The van der Waals surface area contributed by atoms with Gasteiger partial charge in [-0.05, 0) is 70.8 Å². The zero-order valence-electron chi connectivity index (χ0n) is 26.7. The SMILES string of the molecule is C(=C1C=C(c2ccccc2)OC(c2ccccc2)=C1)/C(=C\c1cc(-c2ccccc2)[o+]c(-c2ccccc2)c1)c1ccccc1.[O-][Cl+3]([O-])([O-])[O-]. The van der Waals surface area contributed by atoms with Crippen LogP contribution in [0.15, 0.2) is 192 Å². The number of hydrogen-bond donors (Lipinski definition) is 0. The monoisotopic (exact) mass is 678 g/mol. The molecule has 0 radical (unpaired) electrons. The Morgan fingerprint density at radius 3 is 1.26 bits per heavy atom. The van der Waals surface area contributed by atoms with Crippen LogP contribution in [-0.2, 0) is 4.74 Å². The normalized spacial score (nSPS) is 12.9. The average Bonchev–Trinajstić information content (AvgIpc) is 3.15. The molecule has 6 aromatic rings. The molecule has 1 aromatic heterocycles. The molecule has 5 aromatic carbocycles. The van der Waals surface area contributed by atoms with Gasteiger partial charge in [-0.3, -0.25) is 0 Å². The van der Waals surface area contributed by atoms with Gasteiger partial charge in [0.2, 0.25) is 0 Å². The van der Waals surface area contributed by atoms with E-state index in [-0.39, 0.29) is 0 Å². The average molecular weight is 679 g/mol. The Morgan fingerprint density at radius 1 is 0.500 bits per heavy atom. The van der Waals surface area contributed by atoms with E-state index in [4.69, 9.17) is 27.8 Å². The molecule has 0 unspecified atom stereocenters.